The second-order valence-electron chi connectivity index (χ2n) is 6.26. The van der Waals surface area contributed by atoms with Crippen molar-refractivity contribution in [1.29, 1.82) is 0 Å². The van der Waals surface area contributed by atoms with Gasteiger partial charge in [0.2, 0.25) is 5.91 Å². The van der Waals surface area contributed by atoms with E-state index in [1.54, 1.807) is 18.2 Å². The molecule has 2 N–H and O–H groups in total. The average Bonchev–Trinajstić information content (AvgIpc) is 2.64. The number of hydrogen-bond acceptors (Lipinski definition) is 2. The summed E-state index contributed by atoms with van der Waals surface area (Å²) in [5, 5.41) is 3.79. The van der Waals surface area contributed by atoms with Gasteiger partial charge in [0, 0.05) is 24.0 Å². The van der Waals surface area contributed by atoms with Gasteiger partial charge in [0.25, 0.3) is 5.56 Å². The maximum Gasteiger partial charge on any atom is 0.251 e. The van der Waals surface area contributed by atoms with Crippen molar-refractivity contribution in [2.24, 2.45) is 0 Å². The van der Waals surface area contributed by atoms with Crippen molar-refractivity contribution in [3.8, 4) is 0 Å². The molecule has 0 aliphatic heterocycles. The summed E-state index contributed by atoms with van der Waals surface area (Å²) in [6.07, 6.45) is 1.93. The van der Waals surface area contributed by atoms with E-state index in [4.69, 9.17) is 0 Å². The van der Waals surface area contributed by atoms with E-state index in [0.717, 1.165) is 10.9 Å². The number of hydrogen-bond donors (Lipinski definition) is 2. The fraction of sp³-hybridized carbons (Fsp3) is 0.238. The molecule has 0 bridgehead atoms. The van der Waals surface area contributed by atoms with E-state index in [2.05, 4.69) is 10.3 Å². The van der Waals surface area contributed by atoms with Crippen LogP contribution in [0.2, 0.25) is 0 Å². The van der Waals surface area contributed by atoms with Crippen LogP contribution < -0.4 is 10.9 Å². The molecule has 0 fully saturated rings. The summed E-state index contributed by atoms with van der Waals surface area (Å²) in [6.45, 7) is 0.403. The van der Waals surface area contributed by atoms with E-state index >= 15 is 0 Å². The SMILES string of the molecule is O=C(CCCc1ccccc1F)NCCc1cc2ccccc2[nH]c1=O. The minimum Gasteiger partial charge on any atom is -0.356 e. The molecular formula is C21H21FN2O2. The van der Waals surface area contributed by atoms with Crippen LogP contribution in [-0.2, 0) is 17.6 Å². The zero-order valence-corrected chi connectivity index (χ0v) is 14.4. The monoisotopic (exact) mass is 352 g/mol. The first-order valence-corrected chi connectivity index (χ1v) is 8.74. The molecule has 3 aromatic rings. The summed E-state index contributed by atoms with van der Waals surface area (Å²) in [6, 6.07) is 16.1. The van der Waals surface area contributed by atoms with E-state index in [1.807, 2.05) is 30.3 Å². The number of fused-ring (bicyclic) bond motifs is 1. The first kappa shape index (κ1) is 17.9. The van der Waals surface area contributed by atoms with Crippen LogP contribution in [-0.4, -0.2) is 17.4 Å². The molecule has 4 nitrogen and oxygen atoms in total. The third-order valence-electron chi connectivity index (χ3n) is 4.35. The first-order valence-electron chi connectivity index (χ1n) is 8.74. The number of aromatic amines is 1. The van der Waals surface area contributed by atoms with E-state index in [-0.39, 0.29) is 17.3 Å². The summed E-state index contributed by atoms with van der Waals surface area (Å²) >= 11 is 0. The Morgan fingerprint density at radius 3 is 2.62 bits per heavy atom. The Morgan fingerprint density at radius 1 is 1.00 bits per heavy atom. The molecule has 26 heavy (non-hydrogen) atoms. The molecule has 2 aromatic carbocycles. The van der Waals surface area contributed by atoms with Gasteiger partial charge in [-0.05, 0) is 48.4 Å². The Balaban J connectivity index is 1.46. The highest BCUT2D eigenvalue weighted by Gasteiger charge is 2.06. The number of rotatable bonds is 7. The van der Waals surface area contributed by atoms with Crippen molar-refractivity contribution < 1.29 is 9.18 Å². The van der Waals surface area contributed by atoms with Gasteiger partial charge in [-0.1, -0.05) is 36.4 Å². The third-order valence-corrected chi connectivity index (χ3v) is 4.35. The highest BCUT2D eigenvalue weighted by atomic mass is 19.1. The molecule has 134 valence electrons. The van der Waals surface area contributed by atoms with Crippen LogP contribution in [0.1, 0.15) is 24.0 Å². The van der Waals surface area contributed by atoms with Crippen LogP contribution in [0.3, 0.4) is 0 Å². The van der Waals surface area contributed by atoms with Crippen molar-refractivity contribution in [2.45, 2.75) is 25.7 Å². The lowest BCUT2D eigenvalue weighted by atomic mass is 10.1. The maximum absolute atomic E-state index is 13.5. The second-order valence-corrected chi connectivity index (χ2v) is 6.26. The zero-order valence-electron chi connectivity index (χ0n) is 14.4. The smallest absolute Gasteiger partial charge is 0.251 e. The lowest BCUT2D eigenvalue weighted by Crippen LogP contribution is -2.27. The number of carbonyl (C=O) groups is 1. The third kappa shape index (κ3) is 4.57. The van der Waals surface area contributed by atoms with E-state index < -0.39 is 0 Å². The lowest BCUT2D eigenvalue weighted by molar-refractivity contribution is -0.121. The summed E-state index contributed by atoms with van der Waals surface area (Å²) in [4.78, 5) is 26.8. The molecule has 0 saturated heterocycles. The predicted octanol–water partition coefficient (Wildman–Crippen LogP) is 3.35. The van der Waals surface area contributed by atoms with Gasteiger partial charge in [-0.3, -0.25) is 9.59 Å². The van der Waals surface area contributed by atoms with Crippen LogP contribution >= 0.6 is 0 Å². The van der Waals surface area contributed by atoms with Gasteiger partial charge in [0.15, 0.2) is 0 Å². The van der Waals surface area contributed by atoms with E-state index in [9.17, 15) is 14.0 Å². The largest absolute Gasteiger partial charge is 0.356 e. The number of nitrogens with one attached hydrogen (secondary N) is 2. The van der Waals surface area contributed by atoms with Crippen LogP contribution in [0, 0.1) is 5.82 Å². The molecule has 0 aliphatic rings. The van der Waals surface area contributed by atoms with Crippen molar-refractivity contribution in [2.75, 3.05) is 6.54 Å². The minimum atomic E-state index is -0.233. The zero-order chi connectivity index (χ0) is 18.4. The molecule has 0 spiro atoms. The average molecular weight is 352 g/mol. The van der Waals surface area contributed by atoms with Gasteiger partial charge in [0.05, 0.1) is 0 Å². The fourth-order valence-corrected chi connectivity index (χ4v) is 2.94. The number of amides is 1. The van der Waals surface area contributed by atoms with Crippen LogP contribution in [0.25, 0.3) is 10.9 Å². The second kappa shape index (κ2) is 8.43. The summed E-state index contributed by atoms with van der Waals surface area (Å²) in [7, 11) is 0. The fourth-order valence-electron chi connectivity index (χ4n) is 2.94. The molecule has 0 unspecified atom stereocenters. The number of aryl methyl sites for hydroxylation is 1. The molecule has 0 saturated carbocycles. The summed E-state index contributed by atoms with van der Waals surface area (Å²) in [5.41, 5.74) is 1.95. The van der Waals surface area contributed by atoms with Crippen molar-refractivity contribution >= 4 is 16.8 Å². The topological polar surface area (TPSA) is 62.0 Å². The van der Waals surface area contributed by atoms with E-state index in [0.29, 0.717) is 43.4 Å². The van der Waals surface area contributed by atoms with Crippen molar-refractivity contribution in [3.05, 3.63) is 81.9 Å². The molecule has 0 radical (unpaired) electrons. The number of carbonyl (C=O) groups excluding carboxylic acids is 1. The van der Waals surface area contributed by atoms with Crippen LogP contribution in [0.5, 0.6) is 0 Å². The highest BCUT2D eigenvalue weighted by molar-refractivity contribution is 5.78. The normalized spacial score (nSPS) is 10.8. The van der Waals surface area contributed by atoms with Gasteiger partial charge in [-0.15, -0.1) is 0 Å². The molecule has 1 amide bonds. The lowest BCUT2D eigenvalue weighted by Gasteiger charge is -2.07. The first-order chi connectivity index (χ1) is 12.6. The van der Waals surface area contributed by atoms with Gasteiger partial charge in [-0.2, -0.15) is 0 Å². The predicted molar refractivity (Wildman–Crippen MR) is 101 cm³/mol. The molecule has 1 aromatic heterocycles. The number of para-hydroxylation sites is 1. The Morgan fingerprint density at radius 2 is 1.77 bits per heavy atom. The number of benzene rings is 2. The quantitative estimate of drug-likeness (QED) is 0.685. The molecule has 1 heterocycles. The molecule has 0 aliphatic carbocycles. The highest BCUT2D eigenvalue weighted by Crippen LogP contribution is 2.11. The summed E-state index contributed by atoms with van der Waals surface area (Å²) < 4.78 is 13.5. The van der Waals surface area contributed by atoms with E-state index in [1.165, 1.54) is 6.07 Å². The Labute approximate surface area is 151 Å². The van der Waals surface area contributed by atoms with Crippen molar-refractivity contribution in [1.82, 2.24) is 10.3 Å². The number of H-pyrrole nitrogens is 1. The Kier molecular flexibility index (Phi) is 5.79. The van der Waals surface area contributed by atoms with Crippen LogP contribution in [0.4, 0.5) is 4.39 Å². The Bertz CT molecular complexity index is 965. The number of halogens is 1. The van der Waals surface area contributed by atoms with Crippen LogP contribution in [0.15, 0.2) is 59.4 Å². The van der Waals surface area contributed by atoms with Gasteiger partial charge >= 0.3 is 0 Å². The minimum absolute atomic E-state index is 0.0847. The molecular weight excluding hydrogens is 331 g/mol. The van der Waals surface area contributed by atoms with Gasteiger partial charge in [0.1, 0.15) is 5.82 Å². The maximum atomic E-state index is 13.5. The molecule has 3 rings (SSSR count). The van der Waals surface area contributed by atoms with Gasteiger partial charge < -0.3 is 10.3 Å². The standard InChI is InChI=1S/C21H21FN2O2/c22-18-9-3-1-6-15(18)8-5-11-20(25)23-13-12-17-14-16-7-2-4-10-19(16)24-21(17)26/h1-4,6-7,9-10,14H,5,8,11-13H2,(H,23,25)(H,24,26). The number of aromatic nitrogens is 1. The van der Waals surface area contributed by atoms with Crippen molar-refractivity contribution in [3.63, 3.8) is 0 Å². The van der Waals surface area contributed by atoms with Gasteiger partial charge in [-0.25, -0.2) is 4.39 Å². The Hall–Kier alpha value is -2.95. The molecule has 5 heteroatoms. The molecule has 0 atom stereocenters. The summed E-state index contributed by atoms with van der Waals surface area (Å²) in [5.74, 6) is -0.318. The number of pyridine rings is 1.